The largest absolute Gasteiger partial charge is 0.0807 e. The van der Waals surface area contributed by atoms with Crippen molar-refractivity contribution in [2.24, 2.45) is 0 Å². The topological polar surface area (TPSA) is 0 Å². The first-order valence-electron chi connectivity index (χ1n) is 8.67. The van der Waals surface area contributed by atoms with Gasteiger partial charge in [0.15, 0.2) is 0 Å². The molecule has 0 saturated heterocycles. The molecule has 0 fully saturated rings. The molecule has 2 aliphatic rings. The second kappa shape index (κ2) is 9.15. The Hall–Kier alpha value is -2.08. The standard InChI is InChI=1S/C16H20.C7H8/c1-3-14-10-5-4-6-12-16(14)15-11-8-7-9-13(15)2;1-7-5-3-2-4-6-7/h4-6,9-11H,3,7-8,12H2,1-2H3;2-6H,1H3. The zero-order valence-corrected chi connectivity index (χ0v) is 14.7. The van der Waals surface area contributed by atoms with Crippen molar-refractivity contribution < 1.29 is 0 Å². The molecule has 0 radical (unpaired) electrons. The minimum Gasteiger partial charge on any atom is -0.0807 e. The number of allylic oxidation sites excluding steroid dienone is 10. The Morgan fingerprint density at radius 3 is 2.26 bits per heavy atom. The van der Waals surface area contributed by atoms with Crippen LogP contribution in [0.25, 0.3) is 0 Å². The van der Waals surface area contributed by atoms with Crippen molar-refractivity contribution in [3.8, 4) is 0 Å². The van der Waals surface area contributed by atoms with Crippen molar-refractivity contribution in [1.82, 2.24) is 0 Å². The Balaban J connectivity index is 0.000000229. The van der Waals surface area contributed by atoms with Gasteiger partial charge in [0.25, 0.3) is 0 Å². The summed E-state index contributed by atoms with van der Waals surface area (Å²) < 4.78 is 0. The second-order valence-electron chi connectivity index (χ2n) is 6.09. The molecule has 0 spiro atoms. The van der Waals surface area contributed by atoms with E-state index in [0.717, 1.165) is 12.8 Å². The first-order valence-corrected chi connectivity index (χ1v) is 8.67. The Labute approximate surface area is 141 Å². The van der Waals surface area contributed by atoms with Crippen molar-refractivity contribution in [3.05, 3.63) is 94.6 Å². The van der Waals surface area contributed by atoms with Crippen molar-refractivity contribution in [2.75, 3.05) is 0 Å². The Kier molecular flexibility index (Phi) is 6.87. The van der Waals surface area contributed by atoms with E-state index in [2.05, 4.69) is 69.4 Å². The van der Waals surface area contributed by atoms with Crippen LogP contribution in [0.5, 0.6) is 0 Å². The minimum atomic E-state index is 1.08. The molecular weight excluding hydrogens is 276 g/mol. The normalized spacial score (nSPS) is 17.0. The van der Waals surface area contributed by atoms with E-state index >= 15 is 0 Å². The molecule has 0 N–H and O–H groups in total. The average Bonchev–Trinajstić information content (AvgIpc) is 2.82. The van der Waals surface area contributed by atoms with E-state index in [1.54, 1.807) is 0 Å². The van der Waals surface area contributed by atoms with Crippen LogP contribution in [0.1, 0.15) is 45.1 Å². The molecule has 120 valence electrons. The molecule has 1 aromatic rings. The van der Waals surface area contributed by atoms with Gasteiger partial charge >= 0.3 is 0 Å². The molecule has 0 amide bonds. The van der Waals surface area contributed by atoms with E-state index in [9.17, 15) is 0 Å². The monoisotopic (exact) mass is 304 g/mol. The van der Waals surface area contributed by atoms with Gasteiger partial charge in [-0.2, -0.15) is 0 Å². The maximum atomic E-state index is 2.41. The van der Waals surface area contributed by atoms with Crippen LogP contribution in [0.3, 0.4) is 0 Å². The summed E-state index contributed by atoms with van der Waals surface area (Å²) in [7, 11) is 0. The summed E-state index contributed by atoms with van der Waals surface area (Å²) in [6.07, 6.45) is 18.2. The summed E-state index contributed by atoms with van der Waals surface area (Å²) in [6.45, 7) is 6.57. The van der Waals surface area contributed by atoms with E-state index in [-0.39, 0.29) is 0 Å². The molecule has 0 aliphatic heterocycles. The highest BCUT2D eigenvalue weighted by Crippen LogP contribution is 2.31. The van der Waals surface area contributed by atoms with Crippen molar-refractivity contribution in [3.63, 3.8) is 0 Å². The third-order valence-corrected chi connectivity index (χ3v) is 4.29. The summed E-state index contributed by atoms with van der Waals surface area (Å²) >= 11 is 0. The van der Waals surface area contributed by atoms with Crippen LogP contribution in [0.4, 0.5) is 0 Å². The Morgan fingerprint density at radius 1 is 0.913 bits per heavy atom. The summed E-state index contributed by atoms with van der Waals surface area (Å²) in [5.74, 6) is 0. The number of hydrogen-bond donors (Lipinski definition) is 0. The van der Waals surface area contributed by atoms with E-state index in [1.807, 2.05) is 18.2 Å². The number of aryl methyl sites for hydroxylation is 1. The molecule has 0 saturated carbocycles. The van der Waals surface area contributed by atoms with Crippen LogP contribution in [0.2, 0.25) is 0 Å². The van der Waals surface area contributed by atoms with Crippen LogP contribution in [0, 0.1) is 6.92 Å². The summed E-state index contributed by atoms with van der Waals surface area (Å²) in [5.41, 5.74) is 7.28. The number of benzene rings is 1. The molecular formula is C23H28. The lowest BCUT2D eigenvalue weighted by molar-refractivity contribution is 0.974. The Morgan fingerprint density at radius 2 is 1.65 bits per heavy atom. The highest BCUT2D eigenvalue weighted by molar-refractivity contribution is 5.53. The van der Waals surface area contributed by atoms with Gasteiger partial charge in [0.2, 0.25) is 0 Å². The zero-order chi connectivity index (χ0) is 16.5. The lowest BCUT2D eigenvalue weighted by Gasteiger charge is -2.18. The molecule has 0 bridgehead atoms. The van der Waals surface area contributed by atoms with Crippen molar-refractivity contribution in [2.45, 2.75) is 46.5 Å². The average molecular weight is 304 g/mol. The molecule has 0 heteroatoms. The van der Waals surface area contributed by atoms with Gasteiger partial charge in [0.05, 0.1) is 0 Å². The van der Waals surface area contributed by atoms with E-state index in [1.165, 1.54) is 40.7 Å². The highest BCUT2D eigenvalue weighted by atomic mass is 14.2. The fourth-order valence-electron chi connectivity index (χ4n) is 2.98. The SMILES string of the molecule is CCC1=C(C2=CCCC=C2C)CC=CC=C1.Cc1ccccc1. The molecule has 23 heavy (non-hydrogen) atoms. The molecule has 0 heterocycles. The van der Waals surface area contributed by atoms with Gasteiger partial charge in [0.1, 0.15) is 0 Å². The maximum absolute atomic E-state index is 2.41. The van der Waals surface area contributed by atoms with E-state index in [4.69, 9.17) is 0 Å². The van der Waals surface area contributed by atoms with Gasteiger partial charge in [-0.3, -0.25) is 0 Å². The summed E-state index contributed by atoms with van der Waals surface area (Å²) in [6, 6.07) is 10.3. The van der Waals surface area contributed by atoms with Gasteiger partial charge in [-0.1, -0.05) is 79.3 Å². The smallest absolute Gasteiger partial charge is 0.00857 e. The second-order valence-corrected chi connectivity index (χ2v) is 6.09. The predicted molar refractivity (Wildman–Crippen MR) is 102 cm³/mol. The number of hydrogen-bond acceptors (Lipinski definition) is 0. The molecule has 3 rings (SSSR count). The van der Waals surface area contributed by atoms with E-state index in [0.29, 0.717) is 0 Å². The first-order chi connectivity index (χ1) is 11.2. The van der Waals surface area contributed by atoms with Gasteiger partial charge in [0, 0.05) is 0 Å². The van der Waals surface area contributed by atoms with Crippen LogP contribution in [-0.2, 0) is 0 Å². The fraction of sp³-hybridized carbons (Fsp3) is 0.304. The molecule has 0 atom stereocenters. The van der Waals surface area contributed by atoms with Gasteiger partial charge in [-0.05, 0) is 61.8 Å². The molecule has 0 unspecified atom stereocenters. The third kappa shape index (κ3) is 5.25. The van der Waals surface area contributed by atoms with Crippen molar-refractivity contribution in [1.29, 1.82) is 0 Å². The summed E-state index contributed by atoms with van der Waals surface area (Å²) in [4.78, 5) is 0. The Bertz CT molecular complexity index is 649. The predicted octanol–water partition coefficient (Wildman–Crippen LogP) is 6.87. The fourth-order valence-corrected chi connectivity index (χ4v) is 2.98. The summed E-state index contributed by atoms with van der Waals surface area (Å²) in [5, 5.41) is 0. The molecule has 0 aromatic heterocycles. The van der Waals surface area contributed by atoms with Gasteiger partial charge in [-0.25, -0.2) is 0 Å². The minimum absolute atomic E-state index is 1.08. The van der Waals surface area contributed by atoms with Crippen LogP contribution >= 0.6 is 0 Å². The van der Waals surface area contributed by atoms with Crippen LogP contribution in [0.15, 0.2) is 89.1 Å². The maximum Gasteiger partial charge on any atom is -0.00857 e. The van der Waals surface area contributed by atoms with Crippen LogP contribution < -0.4 is 0 Å². The molecule has 2 aliphatic carbocycles. The van der Waals surface area contributed by atoms with Gasteiger partial charge < -0.3 is 0 Å². The third-order valence-electron chi connectivity index (χ3n) is 4.29. The van der Waals surface area contributed by atoms with Crippen molar-refractivity contribution >= 4 is 0 Å². The molecule has 0 nitrogen and oxygen atoms in total. The lowest BCUT2D eigenvalue weighted by atomic mass is 9.87. The molecule has 1 aromatic carbocycles. The number of rotatable bonds is 2. The van der Waals surface area contributed by atoms with E-state index < -0.39 is 0 Å². The first kappa shape index (κ1) is 17.3. The quantitative estimate of drug-likeness (QED) is 0.559. The zero-order valence-electron chi connectivity index (χ0n) is 14.7. The van der Waals surface area contributed by atoms with Gasteiger partial charge in [-0.15, -0.1) is 0 Å². The highest BCUT2D eigenvalue weighted by Gasteiger charge is 2.12. The lowest BCUT2D eigenvalue weighted by Crippen LogP contribution is -1.98. The van der Waals surface area contributed by atoms with Crippen LogP contribution in [-0.4, -0.2) is 0 Å².